The molecule has 1 saturated heterocycles. The molecule has 0 aromatic carbocycles. The molecule has 0 aliphatic carbocycles. The monoisotopic (exact) mass is 290 g/mol. The average molecular weight is 291 g/mol. The summed E-state index contributed by atoms with van der Waals surface area (Å²) in [5.74, 6) is 0.980. The van der Waals surface area contributed by atoms with Crippen LogP contribution in [0, 0.1) is 13.8 Å². The van der Waals surface area contributed by atoms with Gasteiger partial charge < -0.3 is 9.80 Å². The smallest absolute Gasteiger partial charge is 0.163 e. The number of halogens is 1. The van der Waals surface area contributed by atoms with Crippen molar-refractivity contribution in [2.24, 2.45) is 0 Å². The first kappa shape index (κ1) is 13.6. The van der Waals surface area contributed by atoms with E-state index in [1.165, 1.54) is 0 Å². The largest absolute Gasteiger partial charge is 0.354 e. The predicted octanol–water partition coefficient (Wildman–Crippen LogP) is 2.65. The lowest BCUT2D eigenvalue weighted by molar-refractivity contribution is 0.312. The number of hydrogen-bond acceptors (Lipinski definition) is 4. The standard InChI is InChI=1S/C15H19ClN4/c1-10-4-5-12-13(16)11(2)15(18-14(12)17-10)20-8-6-19(3)7-9-20/h4-5H,6-9H2,1-3H3. The zero-order chi connectivity index (χ0) is 14.3. The van der Waals surface area contributed by atoms with Gasteiger partial charge >= 0.3 is 0 Å². The fraction of sp³-hybridized carbons (Fsp3) is 0.467. The highest BCUT2D eigenvalue weighted by atomic mass is 35.5. The molecule has 5 heteroatoms. The average Bonchev–Trinajstić information content (AvgIpc) is 2.44. The molecule has 0 saturated carbocycles. The summed E-state index contributed by atoms with van der Waals surface area (Å²) in [5, 5.41) is 1.71. The third-order valence-electron chi connectivity index (χ3n) is 3.93. The molecule has 2 aromatic rings. The van der Waals surface area contributed by atoms with Crippen molar-refractivity contribution in [3.63, 3.8) is 0 Å². The van der Waals surface area contributed by atoms with Gasteiger partial charge in [0, 0.05) is 42.8 Å². The molecule has 2 aromatic heterocycles. The summed E-state index contributed by atoms with van der Waals surface area (Å²) in [6, 6.07) is 3.98. The van der Waals surface area contributed by atoms with Crippen molar-refractivity contribution in [3.8, 4) is 0 Å². The van der Waals surface area contributed by atoms with Crippen molar-refractivity contribution in [3.05, 3.63) is 28.4 Å². The summed E-state index contributed by atoms with van der Waals surface area (Å²) < 4.78 is 0. The van der Waals surface area contributed by atoms with Gasteiger partial charge in [-0.1, -0.05) is 11.6 Å². The Bertz CT molecular complexity index is 648. The minimum absolute atomic E-state index is 0.745. The summed E-state index contributed by atoms with van der Waals surface area (Å²) in [4.78, 5) is 13.9. The highest BCUT2D eigenvalue weighted by Crippen LogP contribution is 2.31. The van der Waals surface area contributed by atoms with Gasteiger partial charge in [0.15, 0.2) is 5.65 Å². The van der Waals surface area contributed by atoms with Gasteiger partial charge in [-0.3, -0.25) is 0 Å². The van der Waals surface area contributed by atoms with Gasteiger partial charge in [-0.05, 0) is 33.0 Å². The van der Waals surface area contributed by atoms with E-state index in [1.807, 2.05) is 26.0 Å². The Morgan fingerprint density at radius 3 is 2.45 bits per heavy atom. The van der Waals surface area contributed by atoms with Crippen LogP contribution in [0.3, 0.4) is 0 Å². The number of hydrogen-bond donors (Lipinski definition) is 0. The maximum atomic E-state index is 6.51. The molecule has 3 heterocycles. The summed E-state index contributed by atoms with van der Waals surface area (Å²) >= 11 is 6.51. The van der Waals surface area contributed by atoms with E-state index in [4.69, 9.17) is 16.6 Å². The molecule has 0 amide bonds. The predicted molar refractivity (Wildman–Crippen MR) is 83.7 cm³/mol. The molecule has 0 spiro atoms. The molecule has 3 rings (SSSR count). The molecule has 1 fully saturated rings. The maximum Gasteiger partial charge on any atom is 0.163 e. The number of nitrogens with zero attached hydrogens (tertiary/aromatic N) is 4. The van der Waals surface area contributed by atoms with E-state index in [-0.39, 0.29) is 0 Å². The number of anilines is 1. The number of fused-ring (bicyclic) bond motifs is 1. The lowest BCUT2D eigenvalue weighted by Crippen LogP contribution is -2.45. The van der Waals surface area contributed by atoms with E-state index in [9.17, 15) is 0 Å². The van der Waals surface area contributed by atoms with Gasteiger partial charge in [0.2, 0.25) is 0 Å². The lowest BCUT2D eigenvalue weighted by atomic mass is 10.1. The molecule has 20 heavy (non-hydrogen) atoms. The summed E-state index contributed by atoms with van der Waals surface area (Å²) in [6.07, 6.45) is 0. The minimum Gasteiger partial charge on any atom is -0.354 e. The second-order valence-electron chi connectivity index (χ2n) is 5.49. The molecule has 1 aliphatic rings. The number of likely N-dealkylation sites (N-methyl/N-ethyl adjacent to an activating group) is 1. The van der Waals surface area contributed by atoms with Gasteiger partial charge in [0.05, 0.1) is 5.02 Å². The van der Waals surface area contributed by atoms with E-state index in [0.717, 1.165) is 59.3 Å². The number of aromatic nitrogens is 2. The van der Waals surface area contributed by atoms with E-state index in [2.05, 4.69) is 21.8 Å². The van der Waals surface area contributed by atoms with Crippen molar-refractivity contribution in [2.45, 2.75) is 13.8 Å². The second-order valence-corrected chi connectivity index (χ2v) is 5.87. The Hall–Kier alpha value is -1.39. The minimum atomic E-state index is 0.745. The Morgan fingerprint density at radius 1 is 1.05 bits per heavy atom. The van der Waals surface area contributed by atoms with E-state index in [1.54, 1.807) is 0 Å². The highest BCUT2D eigenvalue weighted by Gasteiger charge is 2.20. The fourth-order valence-corrected chi connectivity index (χ4v) is 2.84. The summed E-state index contributed by atoms with van der Waals surface area (Å²) in [6.45, 7) is 8.10. The van der Waals surface area contributed by atoms with Gasteiger partial charge in [-0.25, -0.2) is 9.97 Å². The van der Waals surface area contributed by atoms with Crippen LogP contribution in [-0.2, 0) is 0 Å². The van der Waals surface area contributed by atoms with Crippen LogP contribution in [0.2, 0.25) is 5.02 Å². The van der Waals surface area contributed by atoms with Crippen LogP contribution in [0.15, 0.2) is 12.1 Å². The molecular weight excluding hydrogens is 272 g/mol. The maximum absolute atomic E-state index is 6.51. The Morgan fingerprint density at radius 2 is 1.75 bits per heavy atom. The number of aryl methyl sites for hydroxylation is 1. The molecule has 0 unspecified atom stereocenters. The Kier molecular flexibility index (Phi) is 3.52. The third kappa shape index (κ3) is 2.34. The third-order valence-corrected chi connectivity index (χ3v) is 4.42. The second kappa shape index (κ2) is 5.19. The van der Waals surface area contributed by atoms with Crippen molar-refractivity contribution in [2.75, 3.05) is 38.1 Å². The van der Waals surface area contributed by atoms with Gasteiger partial charge in [-0.15, -0.1) is 0 Å². The van der Waals surface area contributed by atoms with Crippen LogP contribution in [0.4, 0.5) is 5.82 Å². The van der Waals surface area contributed by atoms with E-state index in [0.29, 0.717) is 0 Å². The number of piperazine rings is 1. The summed E-state index contributed by atoms with van der Waals surface area (Å²) in [7, 11) is 2.15. The molecule has 0 N–H and O–H groups in total. The van der Waals surface area contributed by atoms with Crippen LogP contribution in [-0.4, -0.2) is 48.1 Å². The van der Waals surface area contributed by atoms with Crippen LogP contribution in [0.25, 0.3) is 11.0 Å². The molecular formula is C15H19ClN4. The first-order valence-electron chi connectivity index (χ1n) is 6.93. The summed E-state index contributed by atoms with van der Waals surface area (Å²) in [5.41, 5.74) is 2.76. The Labute approximate surface area is 124 Å². The van der Waals surface area contributed by atoms with Crippen molar-refractivity contribution in [1.29, 1.82) is 0 Å². The number of rotatable bonds is 1. The quantitative estimate of drug-likeness (QED) is 0.808. The van der Waals surface area contributed by atoms with Gasteiger partial charge in [-0.2, -0.15) is 0 Å². The molecule has 1 aliphatic heterocycles. The van der Waals surface area contributed by atoms with Crippen molar-refractivity contribution < 1.29 is 0 Å². The van der Waals surface area contributed by atoms with Crippen LogP contribution < -0.4 is 4.90 Å². The van der Waals surface area contributed by atoms with Crippen LogP contribution in [0.1, 0.15) is 11.3 Å². The van der Waals surface area contributed by atoms with E-state index < -0.39 is 0 Å². The molecule has 0 radical (unpaired) electrons. The molecule has 4 nitrogen and oxygen atoms in total. The Balaban J connectivity index is 2.08. The lowest BCUT2D eigenvalue weighted by Gasteiger charge is -2.34. The first-order chi connectivity index (χ1) is 9.56. The van der Waals surface area contributed by atoms with Crippen molar-refractivity contribution >= 4 is 28.5 Å². The SMILES string of the molecule is Cc1ccc2c(Cl)c(C)c(N3CCN(C)CC3)nc2n1. The zero-order valence-electron chi connectivity index (χ0n) is 12.1. The molecule has 106 valence electrons. The van der Waals surface area contributed by atoms with Crippen LogP contribution >= 0.6 is 11.6 Å². The van der Waals surface area contributed by atoms with Gasteiger partial charge in [0.25, 0.3) is 0 Å². The highest BCUT2D eigenvalue weighted by molar-refractivity contribution is 6.36. The topological polar surface area (TPSA) is 32.3 Å². The van der Waals surface area contributed by atoms with E-state index >= 15 is 0 Å². The molecule has 0 atom stereocenters. The first-order valence-corrected chi connectivity index (χ1v) is 7.31. The fourth-order valence-electron chi connectivity index (χ4n) is 2.61. The van der Waals surface area contributed by atoms with Crippen molar-refractivity contribution in [1.82, 2.24) is 14.9 Å². The van der Waals surface area contributed by atoms with Crippen LogP contribution in [0.5, 0.6) is 0 Å². The normalized spacial score (nSPS) is 16.9. The molecule has 0 bridgehead atoms. The zero-order valence-corrected chi connectivity index (χ0v) is 12.9. The van der Waals surface area contributed by atoms with Gasteiger partial charge in [0.1, 0.15) is 5.82 Å². The number of pyridine rings is 2.